The third-order valence-corrected chi connectivity index (χ3v) is 1.91. The largest absolute Gasteiger partial charge is 0.497 e. The van der Waals surface area contributed by atoms with Crippen LogP contribution in [0, 0.1) is 0 Å². The highest BCUT2D eigenvalue weighted by Gasteiger charge is 2.09. The molecule has 0 saturated carbocycles. The first-order valence-electron chi connectivity index (χ1n) is 4.78. The molecule has 0 aromatic heterocycles. The molecule has 1 atom stereocenters. The van der Waals surface area contributed by atoms with Gasteiger partial charge in [0.2, 0.25) is 0 Å². The Hall–Kier alpha value is -1.75. The van der Waals surface area contributed by atoms with Gasteiger partial charge in [0, 0.05) is 0 Å². The van der Waals surface area contributed by atoms with Crippen LogP contribution in [0.4, 0.5) is 0 Å². The summed E-state index contributed by atoms with van der Waals surface area (Å²) in [5.41, 5.74) is 0. The summed E-state index contributed by atoms with van der Waals surface area (Å²) in [4.78, 5) is 10.3. The minimum absolute atomic E-state index is 0.0430. The highest BCUT2D eigenvalue weighted by atomic mass is 16.5. The van der Waals surface area contributed by atoms with Crippen molar-refractivity contribution < 1.29 is 24.5 Å². The lowest BCUT2D eigenvalue weighted by Crippen LogP contribution is -2.21. The van der Waals surface area contributed by atoms with E-state index in [4.69, 9.17) is 14.6 Å². The third kappa shape index (κ3) is 4.18. The number of aliphatic hydroxyl groups is 1. The molecule has 88 valence electrons. The molecule has 0 aliphatic rings. The van der Waals surface area contributed by atoms with Crippen LogP contribution >= 0.6 is 0 Å². The van der Waals surface area contributed by atoms with Crippen LogP contribution in [-0.2, 0) is 4.79 Å². The summed E-state index contributed by atoms with van der Waals surface area (Å²) in [5, 5.41) is 17.7. The molecular weight excluding hydrogens is 212 g/mol. The second-order valence-corrected chi connectivity index (χ2v) is 3.24. The van der Waals surface area contributed by atoms with E-state index in [1.165, 1.54) is 0 Å². The van der Waals surface area contributed by atoms with Crippen LogP contribution in [0.15, 0.2) is 24.3 Å². The quantitative estimate of drug-likeness (QED) is 0.754. The number of hydrogen-bond acceptors (Lipinski definition) is 4. The zero-order chi connectivity index (χ0) is 12.0. The topological polar surface area (TPSA) is 76.0 Å². The van der Waals surface area contributed by atoms with Gasteiger partial charge in [-0.1, -0.05) is 0 Å². The number of carbonyl (C=O) groups is 1. The molecule has 0 aliphatic heterocycles. The fraction of sp³-hybridized carbons (Fsp3) is 0.364. The Morgan fingerprint density at radius 3 is 2.38 bits per heavy atom. The Labute approximate surface area is 93.2 Å². The van der Waals surface area contributed by atoms with Crippen LogP contribution in [0.5, 0.6) is 11.5 Å². The second kappa shape index (κ2) is 5.97. The standard InChI is InChI=1S/C11H14O5/c1-15-9-2-4-10(5-3-9)16-7-8(12)6-11(13)14/h2-5,8,12H,6-7H2,1H3,(H,13,14)/t8-/m1/s1. The molecule has 0 saturated heterocycles. The van der Waals surface area contributed by atoms with Crippen molar-refractivity contribution in [3.05, 3.63) is 24.3 Å². The predicted octanol–water partition coefficient (Wildman–Crippen LogP) is 0.910. The first kappa shape index (κ1) is 12.3. The number of methoxy groups -OCH3 is 1. The van der Waals surface area contributed by atoms with E-state index in [1.807, 2.05) is 0 Å². The van der Waals surface area contributed by atoms with Crippen LogP contribution in [0.25, 0.3) is 0 Å². The van der Waals surface area contributed by atoms with Gasteiger partial charge in [0.25, 0.3) is 0 Å². The number of rotatable bonds is 6. The molecule has 1 rings (SSSR count). The molecule has 0 amide bonds. The molecule has 0 spiro atoms. The van der Waals surface area contributed by atoms with Crippen molar-refractivity contribution in [1.82, 2.24) is 0 Å². The molecule has 1 aromatic rings. The van der Waals surface area contributed by atoms with E-state index in [9.17, 15) is 9.90 Å². The molecule has 0 fully saturated rings. The SMILES string of the molecule is COc1ccc(OC[C@H](O)CC(=O)O)cc1. The van der Waals surface area contributed by atoms with Crippen molar-refractivity contribution in [2.24, 2.45) is 0 Å². The minimum atomic E-state index is -1.05. The molecular formula is C11H14O5. The van der Waals surface area contributed by atoms with Crippen LogP contribution in [0.3, 0.4) is 0 Å². The predicted molar refractivity (Wildman–Crippen MR) is 56.7 cm³/mol. The van der Waals surface area contributed by atoms with Crippen molar-refractivity contribution in [3.63, 3.8) is 0 Å². The summed E-state index contributed by atoms with van der Waals surface area (Å²) in [5.74, 6) is 0.217. The van der Waals surface area contributed by atoms with Crippen LogP contribution in [0.2, 0.25) is 0 Å². The highest BCUT2D eigenvalue weighted by molar-refractivity contribution is 5.67. The van der Waals surface area contributed by atoms with Crippen molar-refractivity contribution >= 4 is 5.97 Å². The monoisotopic (exact) mass is 226 g/mol. The molecule has 16 heavy (non-hydrogen) atoms. The first-order chi connectivity index (χ1) is 7.61. The van der Waals surface area contributed by atoms with E-state index in [0.29, 0.717) is 11.5 Å². The summed E-state index contributed by atoms with van der Waals surface area (Å²) >= 11 is 0. The number of aliphatic hydroxyl groups excluding tert-OH is 1. The average Bonchev–Trinajstić information content (AvgIpc) is 2.26. The zero-order valence-corrected chi connectivity index (χ0v) is 8.92. The van der Waals surface area contributed by atoms with Gasteiger partial charge in [-0.05, 0) is 24.3 Å². The lowest BCUT2D eigenvalue weighted by molar-refractivity contribution is -0.139. The van der Waals surface area contributed by atoms with Gasteiger partial charge < -0.3 is 19.7 Å². The third-order valence-electron chi connectivity index (χ3n) is 1.91. The summed E-state index contributed by atoms with van der Waals surface area (Å²) in [6, 6.07) is 6.82. The molecule has 0 unspecified atom stereocenters. The summed E-state index contributed by atoms with van der Waals surface area (Å²) in [6.07, 6.45) is -1.32. The van der Waals surface area contributed by atoms with E-state index in [1.54, 1.807) is 31.4 Å². The van der Waals surface area contributed by atoms with Gasteiger partial charge in [0.15, 0.2) is 0 Å². The molecule has 2 N–H and O–H groups in total. The van der Waals surface area contributed by atoms with Gasteiger partial charge in [0.1, 0.15) is 18.1 Å². The van der Waals surface area contributed by atoms with Gasteiger partial charge in [0.05, 0.1) is 19.6 Å². The van der Waals surface area contributed by atoms with E-state index in [2.05, 4.69) is 0 Å². The Kier molecular flexibility index (Phi) is 4.60. The Morgan fingerprint density at radius 2 is 1.88 bits per heavy atom. The summed E-state index contributed by atoms with van der Waals surface area (Å²) in [7, 11) is 1.56. The highest BCUT2D eigenvalue weighted by Crippen LogP contribution is 2.17. The maximum absolute atomic E-state index is 10.3. The Morgan fingerprint density at radius 1 is 1.31 bits per heavy atom. The van der Waals surface area contributed by atoms with Crippen LogP contribution < -0.4 is 9.47 Å². The van der Waals surface area contributed by atoms with Crippen LogP contribution in [0.1, 0.15) is 6.42 Å². The number of aliphatic carboxylic acids is 1. The summed E-state index contributed by atoms with van der Waals surface area (Å²) < 4.78 is 10.2. The van der Waals surface area contributed by atoms with Crippen molar-refractivity contribution in [2.45, 2.75) is 12.5 Å². The maximum atomic E-state index is 10.3. The number of ether oxygens (including phenoxy) is 2. The fourth-order valence-corrected chi connectivity index (χ4v) is 1.12. The maximum Gasteiger partial charge on any atom is 0.306 e. The molecule has 5 heteroatoms. The summed E-state index contributed by atoms with van der Waals surface area (Å²) in [6.45, 7) is -0.0430. The van der Waals surface area contributed by atoms with Crippen LogP contribution in [-0.4, -0.2) is 36.0 Å². The molecule has 1 aromatic carbocycles. The van der Waals surface area contributed by atoms with E-state index in [-0.39, 0.29) is 13.0 Å². The molecule has 0 heterocycles. The lowest BCUT2D eigenvalue weighted by atomic mass is 10.3. The number of benzene rings is 1. The average molecular weight is 226 g/mol. The fourth-order valence-electron chi connectivity index (χ4n) is 1.12. The molecule has 0 radical (unpaired) electrons. The van der Waals surface area contributed by atoms with E-state index in [0.717, 1.165) is 0 Å². The van der Waals surface area contributed by atoms with Gasteiger partial charge in [-0.15, -0.1) is 0 Å². The number of hydrogen-bond donors (Lipinski definition) is 2. The van der Waals surface area contributed by atoms with Crippen molar-refractivity contribution in [1.29, 1.82) is 0 Å². The Bertz CT molecular complexity index is 333. The van der Waals surface area contributed by atoms with Gasteiger partial charge >= 0.3 is 5.97 Å². The van der Waals surface area contributed by atoms with Gasteiger partial charge in [-0.2, -0.15) is 0 Å². The van der Waals surface area contributed by atoms with E-state index < -0.39 is 12.1 Å². The molecule has 0 aliphatic carbocycles. The lowest BCUT2D eigenvalue weighted by Gasteiger charge is -2.10. The smallest absolute Gasteiger partial charge is 0.306 e. The second-order valence-electron chi connectivity index (χ2n) is 3.24. The normalized spacial score (nSPS) is 11.9. The molecule has 0 bridgehead atoms. The van der Waals surface area contributed by atoms with Gasteiger partial charge in [-0.3, -0.25) is 4.79 Å². The van der Waals surface area contributed by atoms with Crippen molar-refractivity contribution in [2.75, 3.05) is 13.7 Å². The minimum Gasteiger partial charge on any atom is -0.497 e. The Balaban J connectivity index is 2.39. The number of carboxylic acid groups (broad SMARTS) is 1. The van der Waals surface area contributed by atoms with Gasteiger partial charge in [-0.25, -0.2) is 0 Å². The van der Waals surface area contributed by atoms with Crippen molar-refractivity contribution in [3.8, 4) is 11.5 Å². The number of carboxylic acids is 1. The zero-order valence-electron chi connectivity index (χ0n) is 8.92. The first-order valence-corrected chi connectivity index (χ1v) is 4.78. The molecule has 5 nitrogen and oxygen atoms in total. The van der Waals surface area contributed by atoms with E-state index >= 15 is 0 Å².